The molecule has 0 radical (unpaired) electrons. The second-order valence-corrected chi connectivity index (χ2v) is 5.43. The van der Waals surface area contributed by atoms with Gasteiger partial charge in [0, 0.05) is 5.54 Å². The molecule has 3 N–H and O–H groups in total. The monoisotopic (exact) mass is 256 g/mol. The summed E-state index contributed by atoms with van der Waals surface area (Å²) in [6, 6.07) is 3.15. The van der Waals surface area contributed by atoms with Gasteiger partial charge >= 0.3 is 0 Å². The van der Waals surface area contributed by atoms with Crippen molar-refractivity contribution in [3.63, 3.8) is 0 Å². The summed E-state index contributed by atoms with van der Waals surface area (Å²) < 4.78 is 0. The Morgan fingerprint density at radius 3 is 2.29 bits per heavy atom. The maximum atomic E-state index is 12.1. The van der Waals surface area contributed by atoms with Crippen LogP contribution < -0.4 is 11.1 Å². The van der Waals surface area contributed by atoms with Crippen LogP contribution in [0.15, 0.2) is 12.1 Å². The lowest BCUT2D eigenvalue weighted by Crippen LogP contribution is -2.53. The van der Waals surface area contributed by atoms with Crippen molar-refractivity contribution in [1.29, 1.82) is 0 Å². The summed E-state index contributed by atoms with van der Waals surface area (Å²) in [5.41, 5.74) is 4.60. The molecule has 0 unspecified atom stereocenters. The van der Waals surface area contributed by atoms with Crippen LogP contribution in [0.2, 0.25) is 5.15 Å². The predicted octanol–water partition coefficient (Wildman–Crippen LogP) is 1.83. The van der Waals surface area contributed by atoms with Gasteiger partial charge in [-0.2, -0.15) is 0 Å². The summed E-state index contributed by atoms with van der Waals surface area (Å²) in [5, 5.41) is 10.3. The highest BCUT2D eigenvalue weighted by atomic mass is 35.5. The van der Waals surface area contributed by atoms with Crippen molar-refractivity contribution in [1.82, 2.24) is 10.2 Å². The second kappa shape index (κ2) is 4.58. The molecule has 0 saturated carbocycles. The normalized spacial score (nSPS) is 12.4. The van der Waals surface area contributed by atoms with Crippen molar-refractivity contribution < 1.29 is 4.79 Å². The molecule has 94 valence electrons. The van der Waals surface area contributed by atoms with Crippen molar-refractivity contribution in [3.8, 4) is 0 Å². The molecular weight excluding hydrogens is 240 g/mol. The molecule has 0 bridgehead atoms. The summed E-state index contributed by atoms with van der Waals surface area (Å²) in [5.74, 6) is 0.151. The smallest absolute Gasteiger partial charge is 0.233 e. The van der Waals surface area contributed by atoms with Gasteiger partial charge in [0.05, 0.1) is 5.41 Å². The highest BCUT2D eigenvalue weighted by Gasteiger charge is 2.40. The number of nitrogens with two attached hydrogens (primary N) is 1. The molecule has 1 heterocycles. The molecule has 6 heteroatoms. The van der Waals surface area contributed by atoms with E-state index in [1.54, 1.807) is 39.8 Å². The SMILES string of the molecule is CC(C)(N)C(C)(C)C(=O)Nc1ccc(Cl)nn1. The summed E-state index contributed by atoms with van der Waals surface area (Å²) >= 11 is 5.60. The Labute approximate surface area is 106 Å². The van der Waals surface area contributed by atoms with Crippen LogP contribution in [0.3, 0.4) is 0 Å². The van der Waals surface area contributed by atoms with Crippen LogP contribution in [-0.2, 0) is 4.79 Å². The highest BCUT2D eigenvalue weighted by molar-refractivity contribution is 6.29. The summed E-state index contributed by atoms with van der Waals surface area (Å²) in [6.45, 7) is 7.18. The van der Waals surface area contributed by atoms with Crippen molar-refractivity contribution >= 4 is 23.3 Å². The van der Waals surface area contributed by atoms with Gasteiger partial charge < -0.3 is 11.1 Å². The summed E-state index contributed by atoms with van der Waals surface area (Å²) in [6.07, 6.45) is 0. The molecule has 0 aliphatic carbocycles. The standard InChI is InChI=1S/C11H17ClN4O/c1-10(2,11(3,4)13)9(17)14-8-6-5-7(12)15-16-8/h5-6H,13H2,1-4H3,(H,14,16,17). The number of carbonyl (C=O) groups is 1. The van der Waals surface area contributed by atoms with E-state index in [1.807, 2.05) is 0 Å². The van der Waals surface area contributed by atoms with E-state index in [-0.39, 0.29) is 11.1 Å². The molecule has 1 aromatic heterocycles. The molecule has 0 aromatic carbocycles. The first-order chi connectivity index (χ1) is 7.64. The number of anilines is 1. The van der Waals surface area contributed by atoms with Crippen LogP contribution in [-0.4, -0.2) is 21.6 Å². The molecule has 5 nitrogen and oxygen atoms in total. The topological polar surface area (TPSA) is 80.9 Å². The third-order valence-corrected chi connectivity index (χ3v) is 3.25. The van der Waals surface area contributed by atoms with E-state index in [2.05, 4.69) is 15.5 Å². The third-order valence-electron chi connectivity index (χ3n) is 3.05. The minimum atomic E-state index is -0.728. The minimum absolute atomic E-state index is 0.207. The third kappa shape index (κ3) is 3.14. The zero-order chi connectivity index (χ0) is 13.3. The van der Waals surface area contributed by atoms with Crippen LogP contribution in [0, 0.1) is 5.41 Å². The van der Waals surface area contributed by atoms with E-state index in [0.29, 0.717) is 5.82 Å². The Morgan fingerprint density at radius 2 is 1.88 bits per heavy atom. The molecule has 1 aromatic rings. The number of rotatable bonds is 3. The minimum Gasteiger partial charge on any atom is -0.325 e. The molecule has 1 rings (SSSR count). The zero-order valence-corrected chi connectivity index (χ0v) is 11.2. The van der Waals surface area contributed by atoms with E-state index in [9.17, 15) is 4.79 Å². The Bertz CT molecular complexity index is 408. The fourth-order valence-electron chi connectivity index (χ4n) is 0.948. The van der Waals surface area contributed by atoms with Crippen LogP contribution in [0.25, 0.3) is 0 Å². The zero-order valence-electron chi connectivity index (χ0n) is 10.4. The number of nitrogens with one attached hydrogen (secondary N) is 1. The van der Waals surface area contributed by atoms with Crippen LogP contribution in [0.5, 0.6) is 0 Å². The van der Waals surface area contributed by atoms with E-state index in [0.717, 1.165) is 0 Å². The van der Waals surface area contributed by atoms with Crippen LogP contribution >= 0.6 is 11.6 Å². The first kappa shape index (κ1) is 13.9. The van der Waals surface area contributed by atoms with E-state index in [1.165, 1.54) is 0 Å². The molecule has 0 aliphatic heterocycles. The van der Waals surface area contributed by atoms with Crippen molar-refractivity contribution in [2.45, 2.75) is 33.2 Å². The Hall–Kier alpha value is -1.20. The van der Waals surface area contributed by atoms with Crippen molar-refractivity contribution in [3.05, 3.63) is 17.3 Å². The van der Waals surface area contributed by atoms with E-state index < -0.39 is 11.0 Å². The number of hydrogen-bond donors (Lipinski definition) is 2. The van der Waals surface area contributed by atoms with Crippen LogP contribution in [0.4, 0.5) is 5.82 Å². The van der Waals surface area contributed by atoms with E-state index >= 15 is 0 Å². The first-order valence-electron chi connectivity index (χ1n) is 5.24. The Balaban J connectivity index is 2.83. The molecule has 0 fully saturated rings. The molecule has 1 amide bonds. The van der Waals surface area contributed by atoms with Gasteiger partial charge in [-0.15, -0.1) is 10.2 Å². The van der Waals surface area contributed by atoms with Gasteiger partial charge in [-0.05, 0) is 39.8 Å². The lowest BCUT2D eigenvalue weighted by molar-refractivity contribution is -0.126. The van der Waals surface area contributed by atoms with Gasteiger partial charge in [-0.1, -0.05) is 11.6 Å². The Morgan fingerprint density at radius 1 is 1.29 bits per heavy atom. The highest BCUT2D eigenvalue weighted by Crippen LogP contribution is 2.29. The number of hydrogen-bond acceptors (Lipinski definition) is 4. The number of aromatic nitrogens is 2. The average molecular weight is 257 g/mol. The molecule has 0 saturated heterocycles. The molecule has 0 spiro atoms. The van der Waals surface area contributed by atoms with E-state index in [4.69, 9.17) is 17.3 Å². The number of halogens is 1. The Kier molecular flexibility index (Phi) is 3.74. The summed E-state index contributed by atoms with van der Waals surface area (Å²) in [7, 11) is 0. The maximum absolute atomic E-state index is 12.1. The molecular formula is C11H17ClN4O. The van der Waals surface area contributed by atoms with Crippen molar-refractivity contribution in [2.75, 3.05) is 5.32 Å². The molecule has 17 heavy (non-hydrogen) atoms. The van der Waals surface area contributed by atoms with Gasteiger partial charge in [0.25, 0.3) is 0 Å². The van der Waals surface area contributed by atoms with Gasteiger partial charge in [0.1, 0.15) is 0 Å². The molecule has 0 aliphatic rings. The largest absolute Gasteiger partial charge is 0.325 e. The van der Waals surface area contributed by atoms with Crippen LogP contribution in [0.1, 0.15) is 27.7 Å². The van der Waals surface area contributed by atoms with Gasteiger partial charge in [0.2, 0.25) is 5.91 Å². The van der Waals surface area contributed by atoms with Crippen molar-refractivity contribution in [2.24, 2.45) is 11.1 Å². The quantitative estimate of drug-likeness (QED) is 0.865. The second-order valence-electron chi connectivity index (χ2n) is 5.04. The number of amides is 1. The number of carbonyl (C=O) groups excluding carboxylic acids is 1. The number of nitrogens with zero attached hydrogens (tertiary/aromatic N) is 2. The molecule has 0 atom stereocenters. The van der Waals surface area contributed by atoms with Gasteiger partial charge in [-0.25, -0.2) is 0 Å². The lowest BCUT2D eigenvalue weighted by atomic mass is 9.74. The first-order valence-corrected chi connectivity index (χ1v) is 5.62. The average Bonchev–Trinajstić information content (AvgIpc) is 2.19. The fraction of sp³-hybridized carbons (Fsp3) is 0.545. The lowest BCUT2D eigenvalue weighted by Gasteiger charge is -2.36. The fourth-order valence-corrected chi connectivity index (χ4v) is 1.05. The predicted molar refractivity (Wildman–Crippen MR) is 67.7 cm³/mol. The van der Waals surface area contributed by atoms with Gasteiger partial charge in [-0.3, -0.25) is 4.79 Å². The van der Waals surface area contributed by atoms with Gasteiger partial charge in [0.15, 0.2) is 11.0 Å². The maximum Gasteiger partial charge on any atom is 0.233 e. The summed E-state index contributed by atoms with van der Waals surface area (Å²) in [4.78, 5) is 12.1.